The number of likely N-dealkylation sites (tertiary alicyclic amines) is 1. The topological polar surface area (TPSA) is 108 Å². The standard InChI is InChI=1S/C20H22N4O5/c1-29-20(26)18-10-13-4-2-3-5-15(13)23(18)19(25)14-6-7-16(17(11-14)24(27)28)22-9-8-21-12-22/h6-9,11-13,15,18H,2-5,10H2,1H3. The molecule has 2 aromatic rings. The van der Waals surface area contributed by atoms with Crippen molar-refractivity contribution >= 4 is 17.6 Å². The Hall–Kier alpha value is -3.23. The number of carbonyl (C=O) groups excluding carboxylic acids is 2. The van der Waals surface area contributed by atoms with Crippen molar-refractivity contribution in [1.29, 1.82) is 0 Å². The molecule has 2 fully saturated rings. The van der Waals surface area contributed by atoms with Gasteiger partial charge in [-0.15, -0.1) is 0 Å². The fourth-order valence-electron chi connectivity index (χ4n) is 4.67. The van der Waals surface area contributed by atoms with E-state index in [1.807, 2.05) is 0 Å². The number of ether oxygens (including phenoxy) is 1. The third kappa shape index (κ3) is 3.37. The Bertz CT molecular complexity index is 942. The monoisotopic (exact) mass is 398 g/mol. The minimum atomic E-state index is -0.645. The van der Waals surface area contributed by atoms with Crippen LogP contribution in [0.4, 0.5) is 5.69 Å². The second kappa shape index (κ2) is 7.65. The first-order valence-corrected chi connectivity index (χ1v) is 9.68. The fourth-order valence-corrected chi connectivity index (χ4v) is 4.67. The Morgan fingerprint density at radius 2 is 2.07 bits per heavy atom. The lowest BCUT2D eigenvalue weighted by atomic mass is 9.84. The SMILES string of the molecule is COC(=O)C1CC2CCCCC2N1C(=O)c1ccc(-n2ccnc2)c([N+](=O)[O-])c1. The molecule has 0 radical (unpaired) electrons. The largest absolute Gasteiger partial charge is 0.467 e. The number of methoxy groups -OCH3 is 1. The van der Waals surface area contributed by atoms with E-state index in [9.17, 15) is 19.7 Å². The number of aromatic nitrogens is 2. The Balaban J connectivity index is 1.71. The predicted molar refractivity (Wildman–Crippen MR) is 103 cm³/mol. The van der Waals surface area contributed by atoms with E-state index in [4.69, 9.17) is 4.74 Å². The lowest BCUT2D eigenvalue weighted by Gasteiger charge is -2.33. The molecule has 9 nitrogen and oxygen atoms in total. The van der Waals surface area contributed by atoms with Crippen molar-refractivity contribution < 1.29 is 19.2 Å². The highest BCUT2D eigenvalue weighted by Gasteiger charge is 2.48. The van der Waals surface area contributed by atoms with Crippen LogP contribution in [0, 0.1) is 16.0 Å². The summed E-state index contributed by atoms with van der Waals surface area (Å²) in [6, 6.07) is 3.70. The van der Waals surface area contributed by atoms with Crippen molar-refractivity contribution in [3.63, 3.8) is 0 Å². The van der Waals surface area contributed by atoms with Gasteiger partial charge in [-0.1, -0.05) is 12.8 Å². The molecular formula is C20H22N4O5. The van der Waals surface area contributed by atoms with Crippen LogP contribution in [0.25, 0.3) is 5.69 Å². The van der Waals surface area contributed by atoms with E-state index in [0.717, 1.165) is 25.7 Å². The fraction of sp³-hybridized carbons (Fsp3) is 0.450. The average molecular weight is 398 g/mol. The van der Waals surface area contributed by atoms with E-state index >= 15 is 0 Å². The number of nitro groups is 1. The third-order valence-electron chi connectivity index (χ3n) is 6.00. The van der Waals surface area contributed by atoms with Gasteiger partial charge in [-0.05, 0) is 37.3 Å². The van der Waals surface area contributed by atoms with Gasteiger partial charge in [0.15, 0.2) is 0 Å². The minimum Gasteiger partial charge on any atom is -0.467 e. The first-order valence-electron chi connectivity index (χ1n) is 9.68. The summed E-state index contributed by atoms with van der Waals surface area (Å²) in [6.45, 7) is 0. The van der Waals surface area contributed by atoms with Crippen molar-refractivity contribution in [2.45, 2.75) is 44.2 Å². The number of benzene rings is 1. The number of rotatable bonds is 4. The van der Waals surface area contributed by atoms with Gasteiger partial charge in [-0.25, -0.2) is 9.78 Å². The molecule has 1 saturated carbocycles. The van der Waals surface area contributed by atoms with Crippen LogP contribution >= 0.6 is 0 Å². The molecule has 3 atom stereocenters. The van der Waals surface area contributed by atoms with Gasteiger partial charge in [-0.2, -0.15) is 0 Å². The first-order chi connectivity index (χ1) is 14.0. The number of esters is 1. The van der Waals surface area contributed by atoms with Crippen LogP contribution in [0.3, 0.4) is 0 Å². The second-order valence-electron chi connectivity index (χ2n) is 7.53. The zero-order valence-corrected chi connectivity index (χ0v) is 16.1. The van der Waals surface area contributed by atoms with Gasteiger partial charge in [0.1, 0.15) is 11.7 Å². The molecule has 9 heteroatoms. The molecule has 0 bridgehead atoms. The molecule has 152 valence electrons. The smallest absolute Gasteiger partial charge is 0.328 e. The highest BCUT2D eigenvalue weighted by molar-refractivity contribution is 5.98. The molecule has 29 heavy (non-hydrogen) atoms. The number of nitro benzene ring substituents is 1. The first kappa shape index (κ1) is 19.1. The molecule has 1 amide bonds. The number of fused-ring (bicyclic) bond motifs is 1. The molecule has 1 aromatic heterocycles. The number of amides is 1. The van der Waals surface area contributed by atoms with Gasteiger partial charge in [0.05, 0.1) is 18.4 Å². The van der Waals surface area contributed by atoms with Crippen molar-refractivity contribution in [2.24, 2.45) is 5.92 Å². The van der Waals surface area contributed by atoms with E-state index in [1.54, 1.807) is 17.2 Å². The van der Waals surface area contributed by atoms with Crippen LogP contribution in [-0.4, -0.2) is 50.4 Å². The highest BCUT2D eigenvalue weighted by atomic mass is 16.6. The normalized spacial score (nSPS) is 23.5. The molecule has 1 aliphatic carbocycles. The third-order valence-corrected chi connectivity index (χ3v) is 6.00. The van der Waals surface area contributed by atoms with E-state index in [-0.39, 0.29) is 29.1 Å². The predicted octanol–water partition coefficient (Wildman–Crippen LogP) is 2.73. The molecule has 1 saturated heterocycles. The van der Waals surface area contributed by atoms with E-state index in [2.05, 4.69) is 4.98 Å². The van der Waals surface area contributed by atoms with Crippen LogP contribution < -0.4 is 0 Å². The zero-order valence-electron chi connectivity index (χ0n) is 16.1. The highest BCUT2D eigenvalue weighted by Crippen LogP contribution is 2.41. The van der Waals surface area contributed by atoms with Gasteiger partial charge >= 0.3 is 5.97 Å². The molecule has 1 aromatic carbocycles. The number of nitrogens with zero attached hydrogens (tertiary/aromatic N) is 4. The Morgan fingerprint density at radius 1 is 1.28 bits per heavy atom. The van der Waals surface area contributed by atoms with Gasteiger partial charge in [0.2, 0.25) is 0 Å². The van der Waals surface area contributed by atoms with Gasteiger partial charge in [0, 0.05) is 30.1 Å². The van der Waals surface area contributed by atoms with Gasteiger partial charge in [0.25, 0.3) is 11.6 Å². The van der Waals surface area contributed by atoms with Crippen LogP contribution in [0.2, 0.25) is 0 Å². The molecule has 2 heterocycles. The quantitative estimate of drug-likeness (QED) is 0.445. The van der Waals surface area contributed by atoms with E-state index < -0.39 is 16.9 Å². The maximum absolute atomic E-state index is 13.4. The maximum atomic E-state index is 13.4. The van der Waals surface area contributed by atoms with Crippen LogP contribution in [-0.2, 0) is 9.53 Å². The molecule has 0 spiro atoms. The van der Waals surface area contributed by atoms with Crippen molar-refractivity contribution in [3.05, 3.63) is 52.6 Å². The molecular weight excluding hydrogens is 376 g/mol. The summed E-state index contributed by atoms with van der Waals surface area (Å²) in [5.41, 5.74) is 0.328. The van der Waals surface area contributed by atoms with Gasteiger partial charge in [-0.3, -0.25) is 14.9 Å². The zero-order chi connectivity index (χ0) is 20.5. The Kier molecular flexibility index (Phi) is 5.04. The summed E-state index contributed by atoms with van der Waals surface area (Å²) in [7, 11) is 1.32. The van der Waals surface area contributed by atoms with Crippen molar-refractivity contribution in [1.82, 2.24) is 14.5 Å². The summed E-state index contributed by atoms with van der Waals surface area (Å²) in [5, 5.41) is 11.6. The molecule has 4 rings (SSSR count). The van der Waals surface area contributed by atoms with Crippen molar-refractivity contribution in [3.8, 4) is 5.69 Å². The maximum Gasteiger partial charge on any atom is 0.328 e. The van der Waals surface area contributed by atoms with Crippen LogP contribution in [0.1, 0.15) is 42.5 Å². The summed E-state index contributed by atoms with van der Waals surface area (Å²) >= 11 is 0. The van der Waals surface area contributed by atoms with E-state index in [0.29, 0.717) is 12.1 Å². The van der Waals surface area contributed by atoms with Gasteiger partial charge < -0.3 is 14.2 Å². The average Bonchev–Trinajstić information content (AvgIpc) is 3.40. The molecule has 3 unspecified atom stereocenters. The summed E-state index contributed by atoms with van der Waals surface area (Å²) in [5.74, 6) is -0.538. The minimum absolute atomic E-state index is 0.0345. The number of imidazole rings is 1. The molecule has 1 aliphatic heterocycles. The summed E-state index contributed by atoms with van der Waals surface area (Å²) < 4.78 is 6.46. The lowest BCUT2D eigenvalue weighted by molar-refractivity contribution is -0.384. The molecule has 2 aliphatic rings. The number of hydrogen-bond donors (Lipinski definition) is 0. The second-order valence-corrected chi connectivity index (χ2v) is 7.53. The van der Waals surface area contributed by atoms with E-state index in [1.165, 1.54) is 36.3 Å². The Morgan fingerprint density at radius 3 is 2.76 bits per heavy atom. The lowest BCUT2D eigenvalue weighted by Crippen LogP contribution is -2.46. The number of hydrogen-bond acceptors (Lipinski definition) is 6. The Labute approximate surface area is 167 Å². The van der Waals surface area contributed by atoms with Crippen molar-refractivity contribution in [2.75, 3.05) is 7.11 Å². The summed E-state index contributed by atoms with van der Waals surface area (Å²) in [4.78, 5) is 42.4. The van der Waals surface area contributed by atoms with Crippen LogP contribution in [0.15, 0.2) is 36.9 Å². The summed E-state index contributed by atoms with van der Waals surface area (Å²) in [6.07, 6.45) is 9.06. The molecule has 0 N–H and O–H groups in total. The number of carbonyl (C=O) groups is 2. The van der Waals surface area contributed by atoms with Crippen LogP contribution in [0.5, 0.6) is 0 Å².